The summed E-state index contributed by atoms with van der Waals surface area (Å²) < 4.78 is 5.03. The number of carbonyl (C=O) groups is 1. The molecule has 1 aliphatic carbocycles. The van der Waals surface area contributed by atoms with Gasteiger partial charge < -0.3 is 15.8 Å². The molecule has 3 N–H and O–H groups in total. The molecule has 0 aromatic heterocycles. The number of hydrogen-bond acceptors (Lipinski definition) is 4. The van der Waals surface area contributed by atoms with Gasteiger partial charge in [-0.1, -0.05) is 0 Å². The van der Waals surface area contributed by atoms with Crippen LogP contribution in [-0.2, 0) is 9.53 Å². The van der Waals surface area contributed by atoms with Gasteiger partial charge >= 0.3 is 5.97 Å². The average Bonchev–Trinajstić information content (AvgIpc) is 2.60. The Morgan fingerprint density at radius 2 is 2.27 bits per heavy atom. The molecule has 2 fully saturated rings. The Hall–Kier alpha value is -0.610. The van der Waals surface area contributed by atoms with Crippen molar-refractivity contribution in [2.24, 2.45) is 11.7 Å². The van der Waals surface area contributed by atoms with Gasteiger partial charge in [-0.05, 0) is 38.5 Å². The van der Waals surface area contributed by atoms with E-state index in [0.29, 0.717) is 24.6 Å². The van der Waals surface area contributed by atoms with Crippen molar-refractivity contribution in [1.82, 2.24) is 5.32 Å². The molecular weight excluding hydrogens is 192 g/mol. The zero-order chi connectivity index (χ0) is 10.8. The van der Waals surface area contributed by atoms with Crippen LogP contribution in [-0.4, -0.2) is 30.7 Å². The van der Waals surface area contributed by atoms with Crippen LogP contribution in [0.25, 0.3) is 0 Å². The third-order valence-corrected chi connectivity index (χ3v) is 3.55. The number of hydrogen-bond donors (Lipinski definition) is 2. The molecule has 2 aliphatic rings. The molecule has 4 heteroatoms. The van der Waals surface area contributed by atoms with E-state index in [2.05, 4.69) is 5.32 Å². The molecule has 4 unspecified atom stereocenters. The number of rotatable bonds is 2. The highest BCUT2D eigenvalue weighted by Gasteiger charge is 2.40. The zero-order valence-corrected chi connectivity index (χ0v) is 9.24. The Labute approximate surface area is 90.5 Å². The molecule has 4 atom stereocenters. The maximum atomic E-state index is 11.6. The van der Waals surface area contributed by atoms with Gasteiger partial charge in [0.1, 0.15) is 6.04 Å². The Balaban J connectivity index is 1.90. The summed E-state index contributed by atoms with van der Waals surface area (Å²) in [6.07, 6.45) is 4.12. The van der Waals surface area contributed by atoms with Crippen LogP contribution in [0.2, 0.25) is 0 Å². The SMILES string of the molecule is CCOC(=O)C1CC2CC(N)CCC2N1. The molecule has 0 bridgehead atoms. The normalized spacial score (nSPS) is 39.9. The molecule has 0 spiro atoms. The van der Waals surface area contributed by atoms with Crippen molar-refractivity contribution in [2.75, 3.05) is 6.61 Å². The van der Waals surface area contributed by atoms with Gasteiger partial charge in [0.2, 0.25) is 0 Å². The molecule has 15 heavy (non-hydrogen) atoms. The lowest BCUT2D eigenvalue weighted by Crippen LogP contribution is -2.41. The molecule has 1 saturated heterocycles. The smallest absolute Gasteiger partial charge is 0.323 e. The standard InChI is InChI=1S/C11H20N2O2/c1-2-15-11(14)10-6-7-5-8(12)3-4-9(7)13-10/h7-10,13H,2-6,12H2,1H3. The van der Waals surface area contributed by atoms with Crippen molar-refractivity contribution >= 4 is 5.97 Å². The highest BCUT2D eigenvalue weighted by Crippen LogP contribution is 2.33. The molecule has 1 saturated carbocycles. The number of ether oxygens (including phenoxy) is 1. The fourth-order valence-corrected chi connectivity index (χ4v) is 2.82. The van der Waals surface area contributed by atoms with Crippen LogP contribution in [0.1, 0.15) is 32.6 Å². The van der Waals surface area contributed by atoms with Crippen molar-refractivity contribution in [3.05, 3.63) is 0 Å². The molecule has 0 aromatic rings. The van der Waals surface area contributed by atoms with Crippen LogP contribution in [0.3, 0.4) is 0 Å². The Bertz CT molecular complexity index is 245. The first kappa shape index (κ1) is 10.9. The van der Waals surface area contributed by atoms with Gasteiger partial charge in [0, 0.05) is 12.1 Å². The van der Waals surface area contributed by atoms with Gasteiger partial charge in [-0.3, -0.25) is 4.79 Å². The first-order valence-electron chi connectivity index (χ1n) is 5.89. The minimum absolute atomic E-state index is 0.0924. The van der Waals surface area contributed by atoms with E-state index in [0.717, 1.165) is 25.7 Å². The topological polar surface area (TPSA) is 64.3 Å². The van der Waals surface area contributed by atoms with Crippen LogP contribution >= 0.6 is 0 Å². The summed E-state index contributed by atoms with van der Waals surface area (Å²) in [6, 6.07) is 0.721. The van der Waals surface area contributed by atoms with E-state index in [1.807, 2.05) is 6.92 Å². The van der Waals surface area contributed by atoms with Crippen molar-refractivity contribution < 1.29 is 9.53 Å². The predicted octanol–water partition coefficient (Wildman–Crippen LogP) is 0.407. The molecular formula is C11H20N2O2. The van der Waals surface area contributed by atoms with Crippen molar-refractivity contribution in [1.29, 1.82) is 0 Å². The van der Waals surface area contributed by atoms with E-state index < -0.39 is 0 Å². The minimum Gasteiger partial charge on any atom is -0.465 e. The summed E-state index contributed by atoms with van der Waals surface area (Å²) in [5.41, 5.74) is 5.93. The summed E-state index contributed by atoms with van der Waals surface area (Å²) in [5.74, 6) is 0.476. The first-order chi connectivity index (χ1) is 7.20. The second-order valence-corrected chi connectivity index (χ2v) is 4.65. The number of fused-ring (bicyclic) bond motifs is 1. The Morgan fingerprint density at radius 3 is 3.00 bits per heavy atom. The summed E-state index contributed by atoms with van der Waals surface area (Å²) in [5, 5.41) is 3.37. The average molecular weight is 212 g/mol. The predicted molar refractivity (Wildman–Crippen MR) is 57.3 cm³/mol. The van der Waals surface area contributed by atoms with Crippen molar-refractivity contribution in [2.45, 2.75) is 50.7 Å². The fourth-order valence-electron chi connectivity index (χ4n) is 2.82. The maximum Gasteiger partial charge on any atom is 0.323 e. The van der Waals surface area contributed by atoms with E-state index in [9.17, 15) is 4.79 Å². The van der Waals surface area contributed by atoms with Gasteiger partial charge in [-0.15, -0.1) is 0 Å². The van der Waals surface area contributed by atoms with E-state index >= 15 is 0 Å². The van der Waals surface area contributed by atoms with E-state index in [1.165, 1.54) is 0 Å². The van der Waals surface area contributed by atoms with Crippen LogP contribution in [0.4, 0.5) is 0 Å². The molecule has 1 aliphatic heterocycles. The van der Waals surface area contributed by atoms with E-state index in [4.69, 9.17) is 10.5 Å². The quantitative estimate of drug-likeness (QED) is 0.651. The van der Waals surface area contributed by atoms with Crippen LogP contribution in [0.15, 0.2) is 0 Å². The molecule has 86 valence electrons. The molecule has 4 nitrogen and oxygen atoms in total. The van der Waals surface area contributed by atoms with Crippen LogP contribution in [0.5, 0.6) is 0 Å². The van der Waals surface area contributed by atoms with Gasteiger partial charge in [-0.2, -0.15) is 0 Å². The lowest BCUT2D eigenvalue weighted by Gasteiger charge is -2.28. The Kier molecular flexibility index (Phi) is 3.26. The second kappa shape index (κ2) is 4.49. The summed E-state index contributed by atoms with van der Waals surface area (Å²) in [4.78, 5) is 11.6. The lowest BCUT2D eigenvalue weighted by atomic mass is 9.82. The zero-order valence-electron chi connectivity index (χ0n) is 9.24. The molecule has 1 heterocycles. The van der Waals surface area contributed by atoms with Crippen LogP contribution in [0, 0.1) is 5.92 Å². The van der Waals surface area contributed by atoms with Crippen molar-refractivity contribution in [3.8, 4) is 0 Å². The highest BCUT2D eigenvalue weighted by atomic mass is 16.5. The van der Waals surface area contributed by atoms with Gasteiger partial charge in [0.15, 0.2) is 0 Å². The molecule has 0 radical (unpaired) electrons. The lowest BCUT2D eigenvalue weighted by molar-refractivity contribution is -0.145. The second-order valence-electron chi connectivity index (χ2n) is 4.65. The molecule has 0 aromatic carbocycles. The third kappa shape index (κ3) is 2.32. The summed E-state index contributed by atoms with van der Waals surface area (Å²) >= 11 is 0. The minimum atomic E-state index is -0.0968. The van der Waals surface area contributed by atoms with Gasteiger partial charge in [0.25, 0.3) is 0 Å². The largest absolute Gasteiger partial charge is 0.465 e. The monoisotopic (exact) mass is 212 g/mol. The van der Waals surface area contributed by atoms with Gasteiger partial charge in [0.05, 0.1) is 6.61 Å². The number of esters is 1. The number of nitrogens with two attached hydrogens (primary N) is 1. The highest BCUT2D eigenvalue weighted by molar-refractivity contribution is 5.76. The van der Waals surface area contributed by atoms with E-state index in [-0.39, 0.29) is 12.0 Å². The molecule has 0 amide bonds. The number of carbonyl (C=O) groups excluding carboxylic acids is 1. The first-order valence-corrected chi connectivity index (χ1v) is 5.89. The Morgan fingerprint density at radius 1 is 1.47 bits per heavy atom. The van der Waals surface area contributed by atoms with Crippen molar-refractivity contribution in [3.63, 3.8) is 0 Å². The number of nitrogens with one attached hydrogen (secondary N) is 1. The van der Waals surface area contributed by atoms with Crippen LogP contribution < -0.4 is 11.1 Å². The summed E-state index contributed by atoms with van der Waals surface area (Å²) in [6.45, 7) is 2.31. The fraction of sp³-hybridized carbons (Fsp3) is 0.909. The molecule has 2 rings (SSSR count). The van der Waals surface area contributed by atoms with E-state index in [1.54, 1.807) is 0 Å². The third-order valence-electron chi connectivity index (χ3n) is 3.55. The maximum absolute atomic E-state index is 11.6. The summed E-state index contributed by atoms with van der Waals surface area (Å²) in [7, 11) is 0. The van der Waals surface area contributed by atoms with Gasteiger partial charge in [-0.25, -0.2) is 0 Å².